The van der Waals surface area contributed by atoms with Crippen molar-refractivity contribution in [3.63, 3.8) is 0 Å². The molecule has 20 heavy (non-hydrogen) atoms. The van der Waals surface area contributed by atoms with E-state index in [9.17, 15) is 9.59 Å². The van der Waals surface area contributed by atoms with Gasteiger partial charge in [0.05, 0.1) is 0 Å². The van der Waals surface area contributed by atoms with Crippen LogP contribution in [0.3, 0.4) is 0 Å². The Morgan fingerprint density at radius 1 is 0.900 bits per heavy atom. The number of carboxylic acids is 2. The molecule has 0 saturated heterocycles. The third kappa shape index (κ3) is 5.30. The number of carboxylic acid groups (broad SMARTS) is 2. The van der Waals surface area contributed by atoms with E-state index in [1.165, 1.54) is 0 Å². The van der Waals surface area contributed by atoms with E-state index < -0.39 is 23.0 Å². The summed E-state index contributed by atoms with van der Waals surface area (Å²) in [5.41, 5.74) is 9.05. The van der Waals surface area contributed by atoms with E-state index in [0.717, 1.165) is 0 Å². The first-order valence-electron chi connectivity index (χ1n) is 6.91. The van der Waals surface area contributed by atoms with Crippen LogP contribution in [0.15, 0.2) is 12.2 Å². The first-order valence-corrected chi connectivity index (χ1v) is 6.91. The lowest BCUT2D eigenvalue weighted by molar-refractivity contribution is -0.144. The zero-order valence-electron chi connectivity index (χ0n) is 12.3. The van der Waals surface area contributed by atoms with Gasteiger partial charge in [-0.25, -0.2) is 0 Å². The predicted octanol–water partition coefficient (Wildman–Crippen LogP) is 1.49. The van der Waals surface area contributed by atoms with E-state index in [1.54, 1.807) is 12.2 Å². The lowest BCUT2D eigenvalue weighted by atomic mass is 9.88. The Hall–Kier alpha value is -1.40. The smallest absolute Gasteiger partial charge is 0.323 e. The van der Waals surface area contributed by atoms with E-state index in [0.29, 0.717) is 25.7 Å². The van der Waals surface area contributed by atoms with Crippen LogP contribution in [0.25, 0.3) is 0 Å². The summed E-state index contributed by atoms with van der Waals surface area (Å²) in [6, 6.07) is 0. The van der Waals surface area contributed by atoms with Crippen molar-refractivity contribution >= 4 is 11.9 Å². The van der Waals surface area contributed by atoms with Crippen LogP contribution in [0.4, 0.5) is 0 Å². The van der Waals surface area contributed by atoms with Gasteiger partial charge >= 0.3 is 11.9 Å². The van der Waals surface area contributed by atoms with Crippen LogP contribution in [0.2, 0.25) is 0 Å². The molecule has 0 aromatic heterocycles. The molecule has 0 amide bonds. The minimum atomic E-state index is -1.30. The maximum Gasteiger partial charge on any atom is 0.323 e. The highest BCUT2D eigenvalue weighted by Crippen LogP contribution is 2.18. The van der Waals surface area contributed by atoms with Gasteiger partial charge < -0.3 is 21.7 Å². The Morgan fingerprint density at radius 3 is 1.40 bits per heavy atom. The molecule has 2 atom stereocenters. The van der Waals surface area contributed by atoms with E-state index >= 15 is 0 Å². The number of hydrogen-bond donors (Lipinski definition) is 4. The van der Waals surface area contributed by atoms with Gasteiger partial charge in [0, 0.05) is 0 Å². The lowest BCUT2D eigenvalue weighted by Crippen LogP contribution is -2.48. The number of carbonyl (C=O) groups is 2. The lowest BCUT2D eigenvalue weighted by Gasteiger charge is -2.24. The summed E-state index contributed by atoms with van der Waals surface area (Å²) in [6.45, 7) is 3.73. The van der Waals surface area contributed by atoms with Crippen LogP contribution in [0.5, 0.6) is 0 Å². The second kappa shape index (κ2) is 8.01. The fourth-order valence-corrected chi connectivity index (χ4v) is 2.07. The Labute approximate surface area is 119 Å². The van der Waals surface area contributed by atoms with E-state index in [-0.39, 0.29) is 12.8 Å². The Bertz CT molecular complexity index is 336. The van der Waals surface area contributed by atoms with E-state index in [2.05, 4.69) is 0 Å². The van der Waals surface area contributed by atoms with Crippen molar-refractivity contribution in [2.75, 3.05) is 0 Å². The summed E-state index contributed by atoms with van der Waals surface area (Å²) in [5, 5.41) is 18.2. The molecule has 0 aromatic rings. The van der Waals surface area contributed by atoms with Crippen molar-refractivity contribution in [3.8, 4) is 0 Å². The van der Waals surface area contributed by atoms with Crippen molar-refractivity contribution in [2.24, 2.45) is 11.5 Å². The highest BCUT2D eigenvalue weighted by Gasteiger charge is 2.33. The Morgan fingerprint density at radius 2 is 1.20 bits per heavy atom. The van der Waals surface area contributed by atoms with Gasteiger partial charge in [0.15, 0.2) is 0 Å². The van der Waals surface area contributed by atoms with Gasteiger partial charge in [-0.15, -0.1) is 0 Å². The third-order valence-electron chi connectivity index (χ3n) is 3.37. The van der Waals surface area contributed by atoms with Gasteiger partial charge in [-0.1, -0.05) is 38.8 Å². The van der Waals surface area contributed by atoms with Crippen LogP contribution in [0.1, 0.15) is 52.4 Å². The third-order valence-corrected chi connectivity index (χ3v) is 3.37. The zero-order chi connectivity index (χ0) is 15.8. The van der Waals surface area contributed by atoms with Crippen molar-refractivity contribution in [3.05, 3.63) is 12.2 Å². The monoisotopic (exact) mass is 286 g/mol. The number of nitrogens with two attached hydrogens (primary N) is 2. The van der Waals surface area contributed by atoms with Crippen LogP contribution in [0, 0.1) is 0 Å². The van der Waals surface area contributed by atoms with Gasteiger partial charge in [0.25, 0.3) is 0 Å². The zero-order valence-corrected chi connectivity index (χ0v) is 12.3. The summed E-state index contributed by atoms with van der Waals surface area (Å²) in [7, 11) is 0. The molecule has 0 aliphatic rings. The highest BCUT2D eigenvalue weighted by atomic mass is 16.4. The van der Waals surface area contributed by atoms with Gasteiger partial charge in [0.2, 0.25) is 0 Å². The first kappa shape index (κ1) is 18.6. The largest absolute Gasteiger partial charge is 0.480 e. The molecule has 6 nitrogen and oxygen atoms in total. The molecule has 116 valence electrons. The first-order chi connectivity index (χ1) is 9.22. The highest BCUT2D eigenvalue weighted by molar-refractivity contribution is 5.79. The summed E-state index contributed by atoms with van der Waals surface area (Å²) in [5.74, 6) is -2.09. The topological polar surface area (TPSA) is 127 Å². The van der Waals surface area contributed by atoms with Gasteiger partial charge in [0.1, 0.15) is 11.1 Å². The fraction of sp³-hybridized carbons (Fsp3) is 0.714. The summed E-state index contributed by atoms with van der Waals surface area (Å²) >= 11 is 0. The van der Waals surface area contributed by atoms with E-state index in [4.69, 9.17) is 21.7 Å². The van der Waals surface area contributed by atoms with Crippen LogP contribution < -0.4 is 11.5 Å². The molecule has 6 N–H and O–H groups in total. The molecule has 2 unspecified atom stereocenters. The second-order valence-electron chi connectivity index (χ2n) is 5.30. The summed E-state index contributed by atoms with van der Waals surface area (Å²) in [6.07, 6.45) is 5.64. The molecule has 0 fully saturated rings. The molecule has 0 bridgehead atoms. The number of aliphatic carboxylic acids is 2. The second-order valence-corrected chi connectivity index (χ2v) is 5.30. The van der Waals surface area contributed by atoms with Crippen LogP contribution >= 0.6 is 0 Å². The molecule has 0 saturated carbocycles. The predicted molar refractivity (Wildman–Crippen MR) is 77.3 cm³/mol. The van der Waals surface area contributed by atoms with Crippen molar-refractivity contribution in [2.45, 2.75) is 63.5 Å². The van der Waals surface area contributed by atoms with Crippen LogP contribution in [-0.4, -0.2) is 33.2 Å². The summed E-state index contributed by atoms with van der Waals surface area (Å²) < 4.78 is 0. The molecule has 0 aromatic carbocycles. The molecule has 0 radical (unpaired) electrons. The van der Waals surface area contributed by atoms with Gasteiger partial charge in [-0.2, -0.15) is 0 Å². The maximum atomic E-state index is 11.1. The maximum absolute atomic E-state index is 11.1. The SMILES string of the molecule is CCCC(N)(CC=CCC(N)(CCC)C(=O)O)C(=O)O. The standard InChI is InChI=1S/C14H26N2O4/c1-3-7-13(15,11(17)18)9-5-6-10-14(16,8-4-2)12(19)20/h5-6H,3-4,7-10,15-16H2,1-2H3,(H,17,18)(H,19,20). The summed E-state index contributed by atoms with van der Waals surface area (Å²) in [4.78, 5) is 22.3. The number of hydrogen-bond acceptors (Lipinski definition) is 4. The average molecular weight is 286 g/mol. The fourth-order valence-electron chi connectivity index (χ4n) is 2.07. The number of rotatable bonds is 10. The Kier molecular flexibility index (Phi) is 7.45. The molecule has 6 heteroatoms. The molecule has 0 spiro atoms. The van der Waals surface area contributed by atoms with Crippen molar-refractivity contribution in [1.82, 2.24) is 0 Å². The molecule has 0 heterocycles. The quantitative estimate of drug-likeness (QED) is 0.451. The van der Waals surface area contributed by atoms with E-state index in [1.807, 2.05) is 13.8 Å². The van der Waals surface area contributed by atoms with Crippen molar-refractivity contribution in [1.29, 1.82) is 0 Å². The minimum Gasteiger partial charge on any atom is -0.480 e. The van der Waals surface area contributed by atoms with Crippen LogP contribution in [-0.2, 0) is 9.59 Å². The van der Waals surface area contributed by atoms with Gasteiger partial charge in [-0.05, 0) is 25.7 Å². The minimum absolute atomic E-state index is 0.165. The molecule has 0 aliphatic carbocycles. The average Bonchev–Trinajstić information content (AvgIpc) is 2.35. The molecule has 0 aliphatic heterocycles. The Balaban J connectivity index is 4.64. The molecule has 0 rings (SSSR count). The molecular weight excluding hydrogens is 260 g/mol. The van der Waals surface area contributed by atoms with Crippen molar-refractivity contribution < 1.29 is 19.8 Å². The van der Waals surface area contributed by atoms with Gasteiger partial charge in [-0.3, -0.25) is 9.59 Å². The molecular formula is C14H26N2O4. The normalized spacial score (nSPS) is 17.6.